The minimum atomic E-state index is 0.269. The van der Waals surface area contributed by atoms with Crippen molar-refractivity contribution in [1.82, 2.24) is 9.88 Å². The Labute approximate surface area is 121 Å². The highest BCUT2D eigenvalue weighted by Crippen LogP contribution is 2.32. The van der Waals surface area contributed by atoms with Crippen molar-refractivity contribution in [3.05, 3.63) is 35.0 Å². The number of hydrogen-bond acceptors (Lipinski definition) is 4. The van der Waals surface area contributed by atoms with Crippen molar-refractivity contribution in [2.75, 3.05) is 13.1 Å². The second kappa shape index (κ2) is 5.25. The van der Waals surface area contributed by atoms with E-state index in [-0.39, 0.29) is 5.76 Å². The molecule has 3 rings (SSSR count). The minimum absolute atomic E-state index is 0.269. The first-order valence-corrected chi connectivity index (χ1v) is 7.64. The summed E-state index contributed by atoms with van der Waals surface area (Å²) < 4.78 is 1.09. The normalized spacial score (nSPS) is 15.7. The summed E-state index contributed by atoms with van der Waals surface area (Å²) in [5.41, 5.74) is 1.52. The van der Waals surface area contributed by atoms with E-state index in [1.807, 2.05) is 29.2 Å². The molecule has 104 valence electrons. The van der Waals surface area contributed by atoms with E-state index in [9.17, 15) is 5.11 Å². The van der Waals surface area contributed by atoms with E-state index >= 15 is 0 Å². The van der Waals surface area contributed by atoms with Crippen molar-refractivity contribution in [2.45, 2.75) is 19.8 Å². The van der Waals surface area contributed by atoms with Crippen LogP contribution in [-0.4, -0.2) is 33.9 Å². The summed E-state index contributed by atoms with van der Waals surface area (Å²) in [5.74, 6) is 0.667. The van der Waals surface area contributed by atoms with Gasteiger partial charge in [0.15, 0.2) is 0 Å². The predicted molar refractivity (Wildman–Crippen MR) is 83.4 cm³/mol. The van der Waals surface area contributed by atoms with Crippen LogP contribution in [0.3, 0.4) is 0 Å². The largest absolute Gasteiger partial charge is 0.510 e. The first-order valence-electron chi connectivity index (χ1n) is 6.82. The van der Waals surface area contributed by atoms with E-state index in [4.69, 9.17) is 5.41 Å². The molecule has 0 amide bonds. The van der Waals surface area contributed by atoms with Gasteiger partial charge in [-0.2, -0.15) is 0 Å². The lowest BCUT2D eigenvalue weighted by Gasteiger charge is -2.17. The molecular formula is C15H17N3OS. The Morgan fingerprint density at radius 3 is 2.95 bits per heavy atom. The average Bonchev–Trinajstić information content (AvgIpc) is 2.97. The molecule has 0 saturated heterocycles. The molecule has 1 aliphatic heterocycles. The van der Waals surface area contributed by atoms with Crippen LogP contribution in [0.15, 0.2) is 30.0 Å². The molecule has 0 bridgehead atoms. The van der Waals surface area contributed by atoms with Gasteiger partial charge in [-0.15, -0.1) is 11.3 Å². The molecule has 0 radical (unpaired) electrons. The van der Waals surface area contributed by atoms with Crippen LogP contribution in [0.25, 0.3) is 15.8 Å². The highest BCUT2D eigenvalue weighted by atomic mass is 32.1. The van der Waals surface area contributed by atoms with Crippen molar-refractivity contribution in [2.24, 2.45) is 0 Å². The van der Waals surface area contributed by atoms with Crippen molar-refractivity contribution in [3.63, 3.8) is 0 Å². The maximum Gasteiger partial charge on any atom is 0.135 e. The van der Waals surface area contributed by atoms with Crippen LogP contribution in [0.4, 0.5) is 0 Å². The van der Waals surface area contributed by atoms with Gasteiger partial charge < -0.3 is 10.0 Å². The van der Waals surface area contributed by atoms with Crippen LogP contribution >= 0.6 is 11.3 Å². The number of aliphatic hydroxyl groups is 1. The van der Waals surface area contributed by atoms with Gasteiger partial charge >= 0.3 is 0 Å². The van der Waals surface area contributed by atoms with Crippen molar-refractivity contribution in [3.8, 4) is 0 Å². The number of fused-ring (bicyclic) bond motifs is 1. The van der Waals surface area contributed by atoms with Gasteiger partial charge in [0.05, 0.1) is 22.3 Å². The van der Waals surface area contributed by atoms with Gasteiger partial charge in [0.25, 0.3) is 0 Å². The molecular weight excluding hydrogens is 270 g/mol. The number of para-hydroxylation sites is 1. The molecule has 2 N–H and O–H groups in total. The summed E-state index contributed by atoms with van der Waals surface area (Å²) in [7, 11) is 0. The number of unbranched alkanes of at least 4 members (excludes halogenated alkanes) is 1. The second-order valence-electron chi connectivity index (χ2n) is 4.93. The number of aliphatic hydroxyl groups excluding tert-OH is 1. The van der Waals surface area contributed by atoms with Crippen molar-refractivity contribution >= 4 is 33.0 Å². The third kappa shape index (κ3) is 2.18. The Hall–Kier alpha value is -1.88. The Morgan fingerprint density at radius 2 is 2.20 bits per heavy atom. The predicted octanol–water partition coefficient (Wildman–Crippen LogP) is 3.66. The van der Waals surface area contributed by atoms with E-state index < -0.39 is 0 Å². The molecule has 4 nitrogen and oxygen atoms in total. The van der Waals surface area contributed by atoms with E-state index in [1.54, 1.807) is 0 Å². The number of rotatable bonds is 4. The van der Waals surface area contributed by atoms with Crippen LogP contribution in [0.2, 0.25) is 0 Å². The lowest BCUT2D eigenvalue weighted by molar-refractivity contribution is 0.347. The van der Waals surface area contributed by atoms with Crippen LogP contribution in [0.1, 0.15) is 24.8 Å². The van der Waals surface area contributed by atoms with Crippen LogP contribution in [-0.2, 0) is 0 Å². The Balaban J connectivity index is 1.93. The maximum absolute atomic E-state index is 10.2. The van der Waals surface area contributed by atoms with Crippen LogP contribution < -0.4 is 0 Å². The monoisotopic (exact) mass is 287 g/mol. The van der Waals surface area contributed by atoms with Crippen molar-refractivity contribution in [1.29, 1.82) is 5.41 Å². The van der Waals surface area contributed by atoms with Gasteiger partial charge in [-0.3, -0.25) is 5.41 Å². The zero-order valence-corrected chi connectivity index (χ0v) is 12.2. The lowest BCUT2D eigenvalue weighted by Crippen LogP contribution is -2.27. The molecule has 1 aliphatic rings. The molecule has 2 heterocycles. The summed E-state index contributed by atoms with van der Waals surface area (Å²) >= 11 is 1.53. The molecule has 0 unspecified atom stereocenters. The smallest absolute Gasteiger partial charge is 0.135 e. The van der Waals surface area contributed by atoms with Crippen LogP contribution in [0.5, 0.6) is 0 Å². The molecule has 20 heavy (non-hydrogen) atoms. The minimum Gasteiger partial charge on any atom is -0.510 e. The third-order valence-electron chi connectivity index (χ3n) is 3.47. The SMILES string of the molecule is CCCCN1CC(O)=C(c2nc3ccccc3s2)C1=N. The number of nitrogens with one attached hydrogen (secondary N) is 1. The molecule has 2 aromatic rings. The standard InChI is InChI=1S/C15H17N3OS/c1-2-3-8-18-9-11(19)13(14(18)16)15-17-10-6-4-5-7-12(10)20-15/h4-7,16,19H,2-3,8-9H2,1H3. The van der Waals surface area contributed by atoms with Gasteiger partial charge in [-0.05, 0) is 18.6 Å². The summed E-state index contributed by atoms with van der Waals surface area (Å²) in [6, 6.07) is 7.90. The number of amidine groups is 1. The van der Waals surface area contributed by atoms with Crippen LogP contribution in [0, 0.1) is 5.41 Å². The van der Waals surface area contributed by atoms with E-state index in [1.165, 1.54) is 11.3 Å². The summed E-state index contributed by atoms with van der Waals surface area (Å²) in [6.07, 6.45) is 2.11. The average molecular weight is 287 g/mol. The molecule has 0 atom stereocenters. The zero-order chi connectivity index (χ0) is 14.1. The zero-order valence-electron chi connectivity index (χ0n) is 11.4. The fourth-order valence-corrected chi connectivity index (χ4v) is 3.41. The molecule has 1 aromatic heterocycles. The number of thiazole rings is 1. The fraction of sp³-hybridized carbons (Fsp3) is 0.333. The van der Waals surface area contributed by atoms with Gasteiger partial charge in [0, 0.05) is 6.54 Å². The van der Waals surface area contributed by atoms with Gasteiger partial charge in [0.1, 0.15) is 16.6 Å². The quantitative estimate of drug-likeness (QED) is 0.902. The summed E-state index contributed by atoms with van der Waals surface area (Å²) in [4.78, 5) is 6.46. The number of aromatic nitrogens is 1. The molecule has 0 saturated carbocycles. The van der Waals surface area contributed by atoms with E-state index in [0.29, 0.717) is 18.0 Å². The lowest BCUT2D eigenvalue weighted by atomic mass is 10.2. The van der Waals surface area contributed by atoms with Gasteiger partial charge in [-0.25, -0.2) is 4.98 Å². The highest BCUT2D eigenvalue weighted by Gasteiger charge is 2.29. The van der Waals surface area contributed by atoms with E-state index in [0.717, 1.165) is 34.6 Å². The van der Waals surface area contributed by atoms with Gasteiger partial charge in [0.2, 0.25) is 0 Å². The fourth-order valence-electron chi connectivity index (χ4n) is 2.38. The first-order chi connectivity index (χ1) is 9.70. The second-order valence-corrected chi connectivity index (χ2v) is 5.96. The summed E-state index contributed by atoms with van der Waals surface area (Å²) in [6.45, 7) is 3.37. The first kappa shape index (κ1) is 13.1. The van der Waals surface area contributed by atoms with E-state index in [2.05, 4.69) is 11.9 Å². The highest BCUT2D eigenvalue weighted by molar-refractivity contribution is 7.19. The number of hydrogen-bond donors (Lipinski definition) is 2. The molecule has 1 aromatic carbocycles. The molecule has 5 heteroatoms. The maximum atomic E-state index is 10.2. The Morgan fingerprint density at radius 1 is 1.40 bits per heavy atom. The van der Waals surface area contributed by atoms with Gasteiger partial charge in [-0.1, -0.05) is 25.5 Å². The molecule has 0 spiro atoms. The topological polar surface area (TPSA) is 60.2 Å². The summed E-state index contributed by atoms with van der Waals surface area (Å²) in [5, 5.41) is 19.2. The number of nitrogens with zero attached hydrogens (tertiary/aromatic N) is 2. The third-order valence-corrected chi connectivity index (χ3v) is 4.53. The molecule has 0 aliphatic carbocycles. The van der Waals surface area contributed by atoms with Crippen molar-refractivity contribution < 1.29 is 5.11 Å². The number of benzene rings is 1. The Bertz CT molecular complexity index is 656. The molecule has 0 fully saturated rings. The Kier molecular flexibility index (Phi) is 3.44.